The molecule has 0 unspecified atom stereocenters. The second-order valence-corrected chi connectivity index (χ2v) is 4.50. The number of hydrogen-bond acceptors (Lipinski definition) is 5. The molecule has 0 radical (unpaired) electrons. The van der Waals surface area contributed by atoms with Crippen LogP contribution in [0, 0.1) is 13.8 Å². The Hall–Kier alpha value is -1.46. The first-order chi connectivity index (χ1) is 8.54. The third kappa shape index (κ3) is 2.23. The third-order valence-electron chi connectivity index (χ3n) is 2.51. The fraction of sp³-hybridized carbons (Fsp3) is 0.250. The second kappa shape index (κ2) is 5.04. The molecule has 0 saturated heterocycles. The van der Waals surface area contributed by atoms with Gasteiger partial charge in [0.25, 0.3) is 0 Å². The quantitative estimate of drug-likeness (QED) is 0.791. The minimum Gasteiger partial charge on any atom is -0.486 e. The highest BCUT2D eigenvalue weighted by molar-refractivity contribution is 7.80. The van der Waals surface area contributed by atoms with Crippen molar-refractivity contribution in [2.75, 3.05) is 7.11 Å². The molecule has 0 fully saturated rings. The SMILES string of the molecule is COC(=S)c1ccc(C)c(-c2noc(C)n2)c1Cl. The molecule has 1 aromatic carbocycles. The van der Waals surface area contributed by atoms with E-state index in [4.69, 9.17) is 33.1 Å². The van der Waals surface area contributed by atoms with Crippen LogP contribution in [-0.4, -0.2) is 22.3 Å². The van der Waals surface area contributed by atoms with Crippen molar-refractivity contribution in [2.45, 2.75) is 13.8 Å². The van der Waals surface area contributed by atoms with E-state index >= 15 is 0 Å². The predicted molar refractivity (Wildman–Crippen MR) is 72.9 cm³/mol. The molecule has 94 valence electrons. The summed E-state index contributed by atoms with van der Waals surface area (Å²) in [6, 6.07) is 3.72. The van der Waals surface area contributed by atoms with E-state index in [-0.39, 0.29) is 0 Å². The normalized spacial score (nSPS) is 10.4. The highest BCUT2D eigenvalue weighted by atomic mass is 35.5. The smallest absolute Gasteiger partial charge is 0.223 e. The molecule has 1 aromatic heterocycles. The number of ether oxygens (including phenoxy) is 1. The molecule has 2 aromatic rings. The first kappa shape index (κ1) is 13.0. The molecule has 0 spiro atoms. The van der Waals surface area contributed by atoms with Gasteiger partial charge in [-0.15, -0.1) is 0 Å². The van der Waals surface area contributed by atoms with Crippen LogP contribution >= 0.6 is 23.8 Å². The van der Waals surface area contributed by atoms with Gasteiger partial charge in [0.05, 0.1) is 12.1 Å². The minimum absolute atomic E-state index is 0.335. The number of hydrogen-bond donors (Lipinski definition) is 0. The zero-order chi connectivity index (χ0) is 13.3. The molecule has 6 heteroatoms. The third-order valence-corrected chi connectivity index (χ3v) is 3.29. The number of halogens is 1. The van der Waals surface area contributed by atoms with Crippen LogP contribution in [0.1, 0.15) is 17.0 Å². The fourth-order valence-electron chi connectivity index (χ4n) is 1.62. The Bertz CT molecular complexity index is 610. The number of thiocarbonyl (C=S) groups is 1. The van der Waals surface area contributed by atoms with Gasteiger partial charge in [-0.05, 0) is 30.8 Å². The molecule has 0 aliphatic heterocycles. The first-order valence-corrected chi connectivity index (χ1v) is 6.01. The van der Waals surface area contributed by atoms with Gasteiger partial charge in [-0.2, -0.15) is 4.98 Å². The second-order valence-electron chi connectivity index (χ2n) is 3.75. The van der Waals surface area contributed by atoms with Gasteiger partial charge in [0.1, 0.15) is 0 Å². The molecule has 1 heterocycles. The Morgan fingerprint density at radius 3 is 2.67 bits per heavy atom. The van der Waals surface area contributed by atoms with E-state index < -0.39 is 0 Å². The van der Waals surface area contributed by atoms with Gasteiger partial charge < -0.3 is 9.26 Å². The van der Waals surface area contributed by atoms with Crippen LogP contribution in [0.5, 0.6) is 0 Å². The van der Waals surface area contributed by atoms with Crippen molar-refractivity contribution in [3.63, 3.8) is 0 Å². The summed E-state index contributed by atoms with van der Waals surface area (Å²) in [4.78, 5) is 4.18. The van der Waals surface area contributed by atoms with Gasteiger partial charge in [-0.1, -0.05) is 22.8 Å². The standard InChI is InChI=1S/C12H11ClN2O2S/c1-6-4-5-8(12(18)16-3)10(13)9(6)11-14-7(2)17-15-11/h4-5H,1-3H3. The Labute approximate surface area is 115 Å². The average molecular weight is 283 g/mol. The lowest BCUT2D eigenvalue weighted by atomic mass is 10.0. The van der Waals surface area contributed by atoms with Crippen molar-refractivity contribution in [3.8, 4) is 11.4 Å². The largest absolute Gasteiger partial charge is 0.486 e. The summed E-state index contributed by atoms with van der Waals surface area (Å²) >= 11 is 11.4. The van der Waals surface area contributed by atoms with Crippen molar-refractivity contribution >= 4 is 28.9 Å². The van der Waals surface area contributed by atoms with Crippen molar-refractivity contribution < 1.29 is 9.26 Å². The van der Waals surface area contributed by atoms with Crippen LogP contribution in [-0.2, 0) is 4.74 Å². The monoisotopic (exact) mass is 282 g/mol. The molecule has 0 N–H and O–H groups in total. The topological polar surface area (TPSA) is 48.2 Å². The summed E-state index contributed by atoms with van der Waals surface area (Å²) in [5, 5.41) is 4.69. The van der Waals surface area contributed by atoms with Crippen LogP contribution in [0.3, 0.4) is 0 Å². The van der Waals surface area contributed by atoms with Crippen LogP contribution in [0.15, 0.2) is 16.7 Å². The number of aryl methyl sites for hydroxylation is 2. The lowest BCUT2D eigenvalue weighted by molar-refractivity contribution is 0.394. The predicted octanol–water partition coefficient (Wildman–Crippen LogP) is 3.33. The van der Waals surface area contributed by atoms with Gasteiger partial charge in [-0.3, -0.25) is 0 Å². The molecule has 0 atom stereocenters. The van der Waals surface area contributed by atoms with Crippen molar-refractivity contribution in [2.24, 2.45) is 0 Å². The summed E-state index contributed by atoms with van der Waals surface area (Å²) in [7, 11) is 1.51. The maximum atomic E-state index is 6.34. The van der Waals surface area contributed by atoms with E-state index in [9.17, 15) is 0 Å². The van der Waals surface area contributed by atoms with Gasteiger partial charge >= 0.3 is 0 Å². The Morgan fingerprint density at radius 1 is 1.39 bits per heavy atom. The zero-order valence-corrected chi connectivity index (χ0v) is 11.7. The zero-order valence-electron chi connectivity index (χ0n) is 10.2. The lowest BCUT2D eigenvalue weighted by Gasteiger charge is -2.10. The lowest BCUT2D eigenvalue weighted by Crippen LogP contribution is -2.02. The van der Waals surface area contributed by atoms with Crippen LogP contribution in [0.4, 0.5) is 0 Å². The molecule has 4 nitrogen and oxygen atoms in total. The molecule has 2 rings (SSSR count). The van der Waals surface area contributed by atoms with Gasteiger partial charge in [-0.25, -0.2) is 0 Å². The summed E-state index contributed by atoms with van der Waals surface area (Å²) < 4.78 is 10.0. The summed E-state index contributed by atoms with van der Waals surface area (Å²) in [5.74, 6) is 0.941. The fourth-order valence-corrected chi connectivity index (χ4v) is 2.22. The maximum Gasteiger partial charge on any atom is 0.223 e. The molecule has 0 bridgehead atoms. The summed E-state index contributed by atoms with van der Waals surface area (Å²) in [6.07, 6.45) is 0. The van der Waals surface area contributed by atoms with Gasteiger partial charge in [0, 0.05) is 18.1 Å². The van der Waals surface area contributed by atoms with E-state index in [1.54, 1.807) is 6.92 Å². The van der Waals surface area contributed by atoms with Gasteiger partial charge in [0.15, 0.2) is 5.05 Å². The molecular weight excluding hydrogens is 272 g/mol. The van der Waals surface area contributed by atoms with Crippen LogP contribution in [0.2, 0.25) is 5.02 Å². The van der Waals surface area contributed by atoms with Crippen molar-refractivity contribution in [1.29, 1.82) is 0 Å². The maximum absolute atomic E-state index is 6.34. The number of methoxy groups -OCH3 is 1. The van der Waals surface area contributed by atoms with E-state index in [1.807, 2.05) is 19.1 Å². The van der Waals surface area contributed by atoms with Crippen LogP contribution < -0.4 is 0 Å². The van der Waals surface area contributed by atoms with Crippen molar-refractivity contribution in [3.05, 3.63) is 34.2 Å². The molecule has 18 heavy (non-hydrogen) atoms. The Morgan fingerprint density at radius 2 is 2.11 bits per heavy atom. The molecule has 0 amide bonds. The molecular formula is C12H11ClN2O2S. The average Bonchev–Trinajstić information content (AvgIpc) is 2.75. The summed E-state index contributed by atoms with van der Waals surface area (Å²) in [5.41, 5.74) is 2.31. The minimum atomic E-state index is 0.335. The highest BCUT2D eigenvalue weighted by Crippen LogP contribution is 2.32. The van der Waals surface area contributed by atoms with E-state index in [2.05, 4.69) is 10.1 Å². The number of aromatic nitrogens is 2. The Balaban J connectivity index is 2.63. The number of nitrogens with zero attached hydrogens (tertiary/aromatic N) is 2. The highest BCUT2D eigenvalue weighted by Gasteiger charge is 2.18. The van der Waals surface area contributed by atoms with Crippen molar-refractivity contribution in [1.82, 2.24) is 10.1 Å². The van der Waals surface area contributed by atoms with E-state index in [0.717, 1.165) is 5.56 Å². The number of benzene rings is 1. The number of rotatable bonds is 2. The van der Waals surface area contributed by atoms with Gasteiger partial charge in [0.2, 0.25) is 11.7 Å². The first-order valence-electron chi connectivity index (χ1n) is 5.22. The molecule has 0 aliphatic rings. The molecule has 0 aliphatic carbocycles. The molecule has 0 saturated carbocycles. The van der Waals surface area contributed by atoms with Crippen LogP contribution in [0.25, 0.3) is 11.4 Å². The summed E-state index contributed by atoms with van der Waals surface area (Å²) in [6.45, 7) is 3.65. The Kier molecular flexibility index (Phi) is 3.63. The van der Waals surface area contributed by atoms with E-state index in [1.165, 1.54) is 7.11 Å². The van der Waals surface area contributed by atoms with E-state index in [0.29, 0.717) is 32.9 Å².